The maximum Gasteiger partial charge on any atom is 0.270 e. The van der Waals surface area contributed by atoms with Crippen LogP contribution in [0.4, 0.5) is 5.69 Å². The fourth-order valence-corrected chi connectivity index (χ4v) is 1.58. The number of nitrogens with zero attached hydrogens (tertiary/aromatic N) is 1. The summed E-state index contributed by atoms with van der Waals surface area (Å²) in [6, 6.07) is 6.62. The summed E-state index contributed by atoms with van der Waals surface area (Å²) in [5, 5.41) is 11.3. The first-order chi connectivity index (χ1) is 6.65. The van der Waals surface area contributed by atoms with Crippen molar-refractivity contribution in [3.05, 3.63) is 46.0 Å². The van der Waals surface area contributed by atoms with Crippen molar-refractivity contribution in [2.24, 2.45) is 0 Å². The Hall–Kier alpha value is -1.16. The van der Waals surface area contributed by atoms with E-state index in [0.717, 1.165) is 16.5 Å². The van der Waals surface area contributed by atoms with Gasteiger partial charge in [-0.05, 0) is 18.1 Å². The van der Waals surface area contributed by atoms with Crippen LogP contribution >= 0.6 is 15.9 Å². The molecule has 74 valence electrons. The highest BCUT2D eigenvalue weighted by Gasteiger charge is 2.05. The van der Waals surface area contributed by atoms with Gasteiger partial charge in [-0.25, -0.2) is 0 Å². The lowest BCUT2D eigenvalue weighted by molar-refractivity contribution is -0.384. The Kier molecular flexibility index (Phi) is 3.83. The lowest BCUT2D eigenvalue weighted by Gasteiger charge is -2.00. The second kappa shape index (κ2) is 4.91. The summed E-state index contributed by atoms with van der Waals surface area (Å²) in [4.78, 5) is 10.1. The molecule has 0 atom stereocenters. The van der Waals surface area contributed by atoms with E-state index in [9.17, 15) is 10.1 Å². The predicted octanol–water partition coefficient (Wildman–Crippen LogP) is 3.39. The second-order valence-corrected chi connectivity index (χ2v) is 3.50. The number of hydrogen-bond donors (Lipinski definition) is 0. The number of non-ortho nitro benzene ring substituents is 1. The maximum absolute atomic E-state index is 10.5. The van der Waals surface area contributed by atoms with Crippen LogP contribution in [-0.2, 0) is 0 Å². The molecule has 4 heteroatoms. The number of alkyl halides is 1. The van der Waals surface area contributed by atoms with E-state index >= 15 is 0 Å². The molecule has 1 aromatic rings. The predicted molar refractivity (Wildman–Crippen MR) is 60.5 cm³/mol. The highest BCUT2D eigenvalue weighted by atomic mass is 79.9. The Morgan fingerprint density at radius 2 is 2.36 bits per heavy atom. The average Bonchev–Trinajstić information content (AvgIpc) is 2.18. The van der Waals surface area contributed by atoms with E-state index in [1.807, 2.05) is 19.1 Å². The molecule has 0 bridgehead atoms. The first-order valence-electron chi connectivity index (χ1n) is 4.12. The standard InChI is InChI=1S/C10H10BrNO2/c1-8(5-6-11)9-3-2-4-10(7-9)12(13)14/h2-5,7H,6H2,1H3. The monoisotopic (exact) mass is 255 g/mol. The largest absolute Gasteiger partial charge is 0.270 e. The van der Waals surface area contributed by atoms with Gasteiger partial charge in [0.15, 0.2) is 0 Å². The number of nitro groups is 1. The van der Waals surface area contributed by atoms with Crippen molar-refractivity contribution in [1.29, 1.82) is 0 Å². The van der Waals surface area contributed by atoms with Gasteiger partial charge in [-0.2, -0.15) is 0 Å². The Labute approximate surface area is 90.7 Å². The van der Waals surface area contributed by atoms with Gasteiger partial charge in [0.25, 0.3) is 5.69 Å². The first kappa shape index (κ1) is 10.9. The third-order valence-corrected chi connectivity index (χ3v) is 2.22. The van der Waals surface area contributed by atoms with E-state index in [-0.39, 0.29) is 10.6 Å². The molecule has 0 fully saturated rings. The highest BCUT2D eigenvalue weighted by Crippen LogP contribution is 2.19. The van der Waals surface area contributed by atoms with Gasteiger partial charge in [-0.3, -0.25) is 10.1 Å². The van der Waals surface area contributed by atoms with E-state index in [2.05, 4.69) is 15.9 Å². The Bertz CT molecular complexity index is 374. The SMILES string of the molecule is CC(=CCBr)c1cccc([N+](=O)[O-])c1. The lowest BCUT2D eigenvalue weighted by Crippen LogP contribution is -1.89. The van der Waals surface area contributed by atoms with Crippen molar-refractivity contribution in [2.45, 2.75) is 6.92 Å². The molecule has 1 rings (SSSR count). The smallest absolute Gasteiger partial charge is 0.258 e. The van der Waals surface area contributed by atoms with Gasteiger partial charge in [-0.1, -0.05) is 34.1 Å². The van der Waals surface area contributed by atoms with Crippen LogP contribution in [0.15, 0.2) is 30.3 Å². The number of rotatable bonds is 3. The van der Waals surface area contributed by atoms with Crippen LogP contribution in [0, 0.1) is 10.1 Å². The molecule has 0 aromatic heterocycles. The van der Waals surface area contributed by atoms with Crippen LogP contribution in [0.1, 0.15) is 12.5 Å². The maximum atomic E-state index is 10.5. The Morgan fingerprint density at radius 3 is 2.93 bits per heavy atom. The van der Waals surface area contributed by atoms with E-state index < -0.39 is 0 Å². The molecule has 0 aliphatic carbocycles. The quantitative estimate of drug-likeness (QED) is 0.472. The molecule has 0 unspecified atom stereocenters. The van der Waals surface area contributed by atoms with Crippen LogP contribution in [0.2, 0.25) is 0 Å². The topological polar surface area (TPSA) is 43.1 Å². The third kappa shape index (κ3) is 2.67. The van der Waals surface area contributed by atoms with Crippen LogP contribution in [-0.4, -0.2) is 10.3 Å². The molecule has 0 aliphatic heterocycles. The zero-order chi connectivity index (χ0) is 10.6. The fourth-order valence-electron chi connectivity index (χ4n) is 1.10. The third-order valence-electron chi connectivity index (χ3n) is 1.90. The average molecular weight is 256 g/mol. The number of halogens is 1. The minimum absolute atomic E-state index is 0.129. The van der Waals surface area contributed by atoms with Crippen LogP contribution in [0.5, 0.6) is 0 Å². The normalized spacial score (nSPS) is 11.4. The van der Waals surface area contributed by atoms with Gasteiger partial charge in [0.2, 0.25) is 0 Å². The van der Waals surface area contributed by atoms with Crippen LogP contribution in [0.25, 0.3) is 5.57 Å². The molecule has 0 spiro atoms. The molecule has 0 amide bonds. The van der Waals surface area contributed by atoms with Crippen molar-refractivity contribution >= 4 is 27.2 Å². The van der Waals surface area contributed by atoms with Gasteiger partial charge < -0.3 is 0 Å². The Morgan fingerprint density at radius 1 is 1.64 bits per heavy atom. The molecule has 1 aromatic carbocycles. The Balaban J connectivity index is 3.05. The van der Waals surface area contributed by atoms with Gasteiger partial charge in [-0.15, -0.1) is 0 Å². The van der Waals surface area contributed by atoms with E-state index in [0.29, 0.717) is 0 Å². The molecule has 0 N–H and O–H groups in total. The summed E-state index contributed by atoms with van der Waals surface area (Å²) in [5.74, 6) is 0. The highest BCUT2D eigenvalue weighted by molar-refractivity contribution is 9.09. The van der Waals surface area contributed by atoms with Gasteiger partial charge >= 0.3 is 0 Å². The number of benzene rings is 1. The summed E-state index contributed by atoms with van der Waals surface area (Å²) in [5.41, 5.74) is 2.05. The molecule has 3 nitrogen and oxygen atoms in total. The van der Waals surface area contributed by atoms with Crippen molar-refractivity contribution < 1.29 is 4.92 Å². The first-order valence-corrected chi connectivity index (χ1v) is 5.25. The molecule has 0 saturated carbocycles. The molecule has 0 heterocycles. The zero-order valence-electron chi connectivity index (χ0n) is 7.74. The van der Waals surface area contributed by atoms with Crippen LogP contribution < -0.4 is 0 Å². The van der Waals surface area contributed by atoms with Crippen molar-refractivity contribution in [2.75, 3.05) is 5.33 Å². The minimum Gasteiger partial charge on any atom is -0.258 e. The van der Waals surface area contributed by atoms with Crippen molar-refractivity contribution in [1.82, 2.24) is 0 Å². The molecular weight excluding hydrogens is 246 g/mol. The number of allylic oxidation sites excluding steroid dienone is 2. The minimum atomic E-state index is -0.384. The van der Waals surface area contributed by atoms with Gasteiger partial charge in [0, 0.05) is 17.5 Å². The van der Waals surface area contributed by atoms with E-state index in [1.54, 1.807) is 12.1 Å². The zero-order valence-corrected chi connectivity index (χ0v) is 9.32. The summed E-state index contributed by atoms with van der Waals surface area (Å²) >= 11 is 3.28. The lowest BCUT2D eigenvalue weighted by atomic mass is 10.1. The van der Waals surface area contributed by atoms with Gasteiger partial charge in [0.05, 0.1) is 4.92 Å². The fraction of sp³-hybridized carbons (Fsp3) is 0.200. The molecule has 0 saturated heterocycles. The summed E-state index contributed by atoms with van der Waals surface area (Å²) in [6.45, 7) is 1.93. The number of hydrogen-bond acceptors (Lipinski definition) is 2. The van der Waals surface area contributed by atoms with Crippen molar-refractivity contribution in [3.63, 3.8) is 0 Å². The molecule has 0 aliphatic rings. The second-order valence-electron chi connectivity index (χ2n) is 2.85. The number of nitro benzene ring substituents is 1. The summed E-state index contributed by atoms with van der Waals surface area (Å²) in [6.07, 6.45) is 1.97. The van der Waals surface area contributed by atoms with E-state index in [4.69, 9.17) is 0 Å². The molecular formula is C10H10BrNO2. The van der Waals surface area contributed by atoms with Crippen molar-refractivity contribution in [3.8, 4) is 0 Å². The summed E-state index contributed by atoms with van der Waals surface area (Å²) in [7, 11) is 0. The summed E-state index contributed by atoms with van der Waals surface area (Å²) < 4.78 is 0. The van der Waals surface area contributed by atoms with Crippen LogP contribution in [0.3, 0.4) is 0 Å². The van der Waals surface area contributed by atoms with E-state index in [1.165, 1.54) is 6.07 Å². The van der Waals surface area contributed by atoms with Gasteiger partial charge in [0.1, 0.15) is 0 Å². The molecule has 14 heavy (non-hydrogen) atoms. The molecule has 0 radical (unpaired) electrons.